The number of likely N-dealkylation sites (N-methyl/N-ethyl adjacent to an activating group) is 1. The van der Waals surface area contributed by atoms with Gasteiger partial charge in [0.05, 0.1) is 21.3 Å². The SMILES string of the molecule is COC(=O)CN(C)S(=O)(=O)c1cc(OC)ccc1OC. The van der Waals surface area contributed by atoms with Crippen molar-refractivity contribution in [2.24, 2.45) is 0 Å². The molecule has 0 aliphatic rings. The highest BCUT2D eigenvalue weighted by atomic mass is 32.2. The van der Waals surface area contributed by atoms with Crippen molar-refractivity contribution < 1.29 is 27.4 Å². The van der Waals surface area contributed by atoms with Crippen LogP contribution in [0.5, 0.6) is 11.5 Å². The summed E-state index contributed by atoms with van der Waals surface area (Å²) in [6.45, 7) is -0.390. The maximum atomic E-state index is 12.4. The number of hydrogen-bond acceptors (Lipinski definition) is 6. The second kappa shape index (κ2) is 6.58. The fraction of sp³-hybridized carbons (Fsp3) is 0.417. The first-order valence-electron chi connectivity index (χ1n) is 5.62. The van der Waals surface area contributed by atoms with Crippen LogP contribution in [0.15, 0.2) is 23.1 Å². The quantitative estimate of drug-likeness (QED) is 0.712. The summed E-state index contributed by atoms with van der Waals surface area (Å²) < 4.78 is 40.2. The number of carbonyl (C=O) groups is 1. The molecule has 0 heterocycles. The molecule has 0 N–H and O–H groups in total. The lowest BCUT2D eigenvalue weighted by atomic mass is 10.3. The van der Waals surface area contributed by atoms with Crippen molar-refractivity contribution >= 4 is 16.0 Å². The van der Waals surface area contributed by atoms with Crippen molar-refractivity contribution in [3.05, 3.63) is 18.2 Å². The molecule has 0 atom stereocenters. The Labute approximate surface area is 118 Å². The molecule has 0 unspecified atom stereocenters. The molecule has 0 aliphatic heterocycles. The lowest BCUT2D eigenvalue weighted by Gasteiger charge is -2.18. The molecule has 1 rings (SSSR count). The predicted molar refractivity (Wildman–Crippen MR) is 71.4 cm³/mol. The Morgan fingerprint density at radius 2 is 1.85 bits per heavy atom. The molecule has 0 saturated carbocycles. The zero-order chi connectivity index (χ0) is 15.3. The third kappa shape index (κ3) is 3.40. The van der Waals surface area contributed by atoms with E-state index in [1.165, 1.54) is 40.5 Å². The topological polar surface area (TPSA) is 82.1 Å². The fourth-order valence-corrected chi connectivity index (χ4v) is 2.77. The summed E-state index contributed by atoms with van der Waals surface area (Å²) in [5.41, 5.74) is 0. The molecule has 0 fully saturated rings. The number of esters is 1. The highest BCUT2D eigenvalue weighted by Gasteiger charge is 2.27. The van der Waals surface area contributed by atoms with Crippen LogP contribution in [0.4, 0.5) is 0 Å². The number of nitrogens with zero attached hydrogens (tertiary/aromatic N) is 1. The molecular weight excluding hydrogens is 286 g/mol. The minimum atomic E-state index is -3.89. The molecule has 0 aromatic heterocycles. The maximum Gasteiger partial charge on any atom is 0.321 e. The van der Waals surface area contributed by atoms with Gasteiger partial charge in [0.1, 0.15) is 22.9 Å². The third-order valence-corrected chi connectivity index (χ3v) is 4.46. The third-order valence-electron chi connectivity index (χ3n) is 2.64. The van der Waals surface area contributed by atoms with Crippen molar-refractivity contribution in [3.8, 4) is 11.5 Å². The standard InChI is InChI=1S/C12H17NO6S/c1-13(8-12(14)19-4)20(15,16)11-7-9(17-2)5-6-10(11)18-3/h5-7H,8H2,1-4H3. The van der Waals surface area contributed by atoms with Gasteiger partial charge in [-0.3, -0.25) is 4.79 Å². The predicted octanol–water partition coefficient (Wildman–Crippen LogP) is 0.497. The molecule has 0 amide bonds. The monoisotopic (exact) mass is 303 g/mol. The van der Waals surface area contributed by atoms with Crippen molar-refractivity contribution in [1.82, 2.24) is 4.31 Å². The Hall–Kier alpha value is -1.80. The van der Waals surface area contributed by atoms with E-state index in [1.807, 2.05) is 0 Å². The summed E-state index contributed by atoms with van der Waals surface area (Å²) in [5.74, 6) is -0.115. The Morgan fingerprint density at radius 3 is 2.35 bits per heavy atom. The Morgan fingerprint density at radius 1 is 1.20 bits per heavy atom. The van der Waals surface area contributed by atoms with Gasteiger partial charge in [0.15, 0.2) is 0 Å². The van der Waals surface area contributed by atoms with Crippen LogP contribution in [0.3, 0.4) is 0 Å². The molecule has 0 aliphatic carbocycles. The Kier molecular flexibility index (Phi) is 5.34. The average Bonchev–Trinajstić information content (AvgIpc) is 2.46. The first kappa shape index (κ1) is 16.3. The molecule has 0 saturated heterocycles. The Balaban J connectivity index is 3.23. The van der Waals surface area contributed by atoms with Gasteiger partial charge in [0, 0.05) is 13.1 Å². The average molecular weight is 303 g/mol. The van der Waals surface area contributed by atoms with Crippen LogP contribution < -0.4 is 9.47 Å². The van der Waals surface area contributed by atoms with Gasteiger partial charge in [-0.2, -0.15) is 4.31 Å². The van der Waals surface area contributed by atoms with Gasteiger partial charge in [-0.15, -0.1) is 0 Å². The second-order valence-electron chi connectivity index (χ2n) is 3.85. The molecule has 112 valence electrons. The normalized spacial score (nSPS) is 11.2. The van der Waals surface area contributed by atoms with Crippen molar-refractivity contribution in [1.29, 1.82) is 0 Å². The van der Waals surface area contributed by atoms with Crippen LogP contribution in [-0.2, 0) is 19.6 Å². The fourth-order valence-electron chi connectivity index (χ4n) is 1.48. The van der Waals surface area contributed by atoms with E-state index in [4.69, 9.17) is 9.47 Å². The lowest BCUT2D eigenvalue weighted by Crippen LogP contribution is -2.33. The summed E-state index contributed by atoms with van der Waals surface area (Å²) in [5, 5.41) is 0. The van der Waals surface area contributed by atoms with Crippen LogP contribution in [0, 0.1) is 0 Å². The van der Waals surface area contributed by atoms with E-state index in [0.717, 1.165) is 4.31 Å². The molecule has 20 heavy (non-hydrogen) atoms. The number of ether oxygens (including phenoxy) is 3. The van der Waals surface area contributed by atoms with E-state index in [1.54, 1.807) is 6.07 Å². The first-order chi connectivity index (χ1) is 9.36. The first-order valence-corrected chi connectivity index (χ1v) is 7.06. The van der Waals surface area contributed by atoms with Gasteiger partial charge in [-0.25, -0.2) is 8.42 Å². The lowest BCUT2D eigenvalue weighted by molar-refractivity contribution is -0.140. The van der Waals surface area contributed by atoms with E-state index in [-0.39, 0.29) is 17.2 Å². The number of methoxy groups -OCH3 is 3. The number of hydrogen-bond donors (Lipinski definition) is 0. The number of rotatable bonds is 6. The number of benzene rings is 1. The molecule has 8 heteroatoms. The highest BCUT2D eigenvalue weighted by molar-refractivity contribution is 7.89. The van der Waals surface area contributed by atoms with E-state index in [9.17, 15) is 13.2 Å². The molecule has 1 aromatic carbocycles. The summed E-state index contributed by atoms with van der Waals surface area (Å²) in [6, 6.07) is 4.40. The van der Waals surface area contributed by atoms with Crippen LogP contribution in [0.1, 0.15) is 0 Å². The maximum absolute atomic E-state index is 12.4. The zero-order valence-corrected chi connectivity index (χ0v) is 12.6. The van der Waals surface area contributed by atoms with Crippen molar-refractivity contribution in [2.75, 3.05) is 34.9 Å². The molecule has 0 radical (unpaired) electrons. The van der Waals surface area contributed by atoms with E-state index in [2.05, 4.69) is 4.74 Å². The van der Waals surface area contributed by atoms with Gasteiger partial charge in [-0.1, -0.05) is 0 Å². The zero-order valence-electron chi connectivity index (χ0n) is 11.7. The van der Waals surface area contributed by atoms with Gasteiger partial charge in [0.25, 0.3) is 0 Å². The smallest absolute Gasteiger partial charge is 0.321 e. The Bertz CT molecular complexity index is 584. The highest BCUT2D eigenvalue weighted by Crippen LogP contribution is 2.29. The molecule has 0 spiro atoms. The van der Waals surface area contributed by atoms with E-state index < -0.39 is 16.0 Å². The molecular formula is C12H17NO6S. The number of sulfonamides is 1. The van der Waals surface area contributed by atoms with Crippen LogP contribution >= 0.6 is 0 Å². The summed E-state index contributed by atoms with van der Waals surface area (Å²) in [4.78, 5) is 11.1. The summed E-state index contributed by atoms with van der Waals surface area (Å²) in [7, 11) is 1.37. The van der Waals surface area contributed by atoms with Gasteiger partial charge < -0.3 is 14.2 Å². The van der Waals surface area contributed by atoms with Crippen LogP contribution in [0.2, 0.25) is 0 Å². The molecule has 0 bridgehead atoms. The number of carbonyl (C=O) groups excluding carboxylic acids is 1. The van der Waals surface area contributed by atoms with Crippen LogP contribution in [-0.4, -0.2) is 53.6 Å². The van der Waals surface area contributed by atoms with Gasteiger partial charge >= 0.3 is 5.97 Å². The summed E-state index contributed by atoms with van der Waals surface area (Å²) >= 11 is 0. The van der Waals surface area contributed by atoms with Crippen LogP contribution in [0.25, 0.3) is 0 Å². The van der Waals surface area contributed by atoms with Crippen molar-refractivity contribution in [3.63, 3.8) is 0 Å². The van der Waals surface area contributed by atoms with E-state index in [0.29, 0.717) is 5.75 Å². The van der Waals surface area contributed by atoms with Gasteiger partial charge in [0.2, 0.25) is 10.0 Å². The summed E-state index contributed by atoms with van der Waals surface area (Å²) in [6.07, 6.45) is 0. The molecule has 1 aromatic rings. The van der Waals surface area contributed by atoms with Crippen molar-refractivity contribution in [2.45, 2.75) is 4.90 Å². The molecule has 7 nitrogen and oxygen atoms in total. The largest absolute Gasteiger partial charge is 0.497 e. The van der Waals surface area contributed by atoms with Gasteiger partial charge in [-0.05, 0) is 12.1 Å². The minimum Gasteiger partial charge on any atom is -0.497 e. The second-order valence-corrected chi connectivity index (χ2v) is 5.87. The van der Waals surface area contributed by atoms with E-state index >= 15 is 0 Å². The minimum absolute atomic E-state index is 0.0780.